The number of aromatic amines is 2. The lowest BCUT2D eigenvalue weighted by Gasteiger charge is -2.45. The molecular weight excluding hydrogens is 402 g/mol. The molecule has 31 heavy (non-hydrogen) atoms. The van der Waals surface area contributed by atoms with Gasteiger partial charge in [-0.25, -0.2) is 14.6 Å². The fourth-order valence-corrected chi connectivity index (χ4v) is 4.52. The number of carboxylic acid groups (broad SMARTS) is 1. The van der Waals surface area contributed by atoms with Gasteiger partial charge >= 0.3 is 11.7 Å². The second-order valence-electron chi connectivity index (χ2n) is 9.11. The molecule has 11 heteroatoms. The van der Waals surface area contributed by atoms with Gasteiger partial charge in [-0.1, -0.05) is 17.4 Å². The van der Waals surface area contributed by atoms with Crippen LogP contribution in [0.4, 0.5) is 0 Å². The van der Waals surface area contributed by atoms with Crippen LogP contribution in [0.3, 0.4) is 0 Å². The van der Waals surface area contributed by atoms with Crippen molar-refractivity contribution in [2.45, 2.75) is 64.0 Å². The van der Waals surface area contributed by atoms with Crippen molar-refractivity contribution in [3.05, 3.63) is 40.4 Å². The van der Waals surface area contributed by atoms with Gasteiger partial charge in [-0.05, 0) is 46.0 Å². The van der Waals surface area contributed by atoms with Gasteiger partial charge < -0.3 is 10.0 Å². The molecule has 2 unspecified atom stereocenters. The van der Waals surface area contributed by atoms with Gasteiger partial charge in [0.15, 0.2) is 0 Å². The molecule has 1 amide bonds. The van der Waals surface area contributed by atoms with Crippen LogP contribution in [0.2, 0.25) is 0 Å². The fourth-order valence-electron chi connectivity index (χ4n) is 4.52. The summed E-state index contributed by atoms with van der Waals surface area (Å²) in [5, 5.41) is 24.3. The Morgan fingerprint density at radius 3 is 2.74 bits per heavy atom. The molecule has 2 atom stereocenters. The number of amides is 1. The maximum absolute atomic E-state index is 12.9. The molecule has 11 nitrogen and oxygen atoms in total. The third-order valence-electron chi connectivity index (χ3n) is 6.53. The first-order valence-electron chi connectivity index (χ1n) is 10.5. The summed E-state index contributed by atoms with van der Waals surface area (Å²) < 4.78 is 1.73. The lowest BCUT2D eigenvalue weighted by molar-refractivity contribution is -0.149. The maximum atomic E-state index is 12.9. The Hall–Kier alpha value is -3.24. The zero-order chi connectivity index (χ0) is 22.2. The van der Waals surface area contributed by atoms with E-state index < -0.39 is 22.6 Å². The van der Waals surface area contributed by atoms with Crippen LogP contribution in [0, 0.1) is 5.41 Å². The molecule has 1 saturated heterocycles. The molecule has 1 aliphatic heterocycles. The number of piperidine rings is 1. The molecule has 0 spiro atoms. The van der Waals surface area contributed by atoms with Crippen molar-refractivity contribution in [3.63, 3.8) is 0 Å². The number of rotatable bonds is 5. The summed E-state index contributed by atoms with van der Waals surface area (Å²) in [6, 6.07) is -0.101. The molecule has 1 fully saturated rings. The Labute approximate surface area is 178 Å². The van der Waals surface area contributed by atoms with Gasteiger partial charge in [0.1, 0.15) is 0 Å². The summed E-state index contributed by atoms with van der Waals surface area (Å²) in [5.41, 5.74) is -1.15. The van der Waals surface area contributed by atoms with E-state index in [4.69, 9.17) is 0 Å². The molecule has 4 rings (SSSR count). The first-order chi connectivity index (χ1) is 14.7. The van der Waals surface area contributed by atoms with Crippen LogP contribution < -0.4 is 5.69 Å². The molecule has 3 N–H and O–H groups in total. The molecule has 0 aromatic carbocycles. The van der Waals surface area contributed by atoms with E-state index in [9.17, 15) is 19.5 Å². The van der Waals surface area contributed by atoms with Crippen molar-refractivity contribution < 1.29 is 14.7 Å². The molecular formula is C20H27N7O4. The van der Waals surface area contributed by atoms with Crippen LogP contribution >= 0.6 is 0 Å². The van der Waals surface area contributed by atoms with Crippen molar-refractivity contribution >= 4 is 11.9 Å². The van der Waals surface area contributed by atoms with Crippen LogP contribution in [0.5, 0.6) is 0 Å². The SMILES string of the molecule is CC1(C)CCC(n2cc(CC3(C(=O)O)CC=CCC3)nn2)CN1C(=O)c1n[nH]c(=O)[nH]1. The number of nitrogens with zero attached hydrogens (tertiary/aromatic N) is 5. The van der Waals surface area contributed by atoms with E-state index in [2.05, 4.69) is 25.5 Å². The van der Waals surface area contributed by atoms with E-state index in [-0.39, 0.29) is 17.8 Å². The molecule has 2 aliphatic rings. The predicted molar refractivity (Wildman–Crippen MR) is 109 cm³/mol. The fraction of sp³-hybridized carbons (Fsp3) is 0.600. The average molecular weight is 429 g/mol. The minimum atomic E-state index is -0.849. The Morgan fingerprint density at radius 2 is 2.10 bits per heavy atom. The Balaban J connectivity index is 1.52. The number of aromatic nitrogens is 6. The third kappa shape index (κ3) is 4.04. The summed E-state index contributed by atoms with van der Waals surface area (Å²) in [4.78, 5) is 40.4. The van der Waals surface area contributed by atoms with Crippen molar-refractivity contribution in [1.82, 2.24) is 35.1 Å². The monoisotopic (exact) mass is 429 g/mol. The number of hydrogen-bond donors (Lipinski definition) is 3. The number of H-pyrrole nitrogens is 2. The minimum Gasteiger partial charge on any atom is -0.481 e. The van der Waals surface area contributed by atoms with Crippen LogP contribution in [0.1, 0.15) is 68.3 Å². The normalized spacial score (nSPS) is 25.5. The first kappa shape index (κ1) is 21.0. The van der Waals surface area contributed by atoms with Gasteiger partial charge in [0.2, 0.25) is 5.82 Å². The molecule has 1 aliphatic carbocycles. The molecule has 2 aromatic rings. The van der Waals surface area contributed by atoms with Crippen LogP contribution in [0.25, 0.3) is 0 Å². The second kappa shape index (κ2) is 7.78. The van der Waals surface area contributed by atoms with E-state index in [1.165, 1.54) is 0 Å². The number of aliphatic carboxylic acids is 1. The largest absolute Gasteiger partial charge is 0.481 e. The highest BCUT2D eigenvalue weighted by atomic mass is 16.4. The number of carbonyl (C=O) groups excluding carboxylic acids is 1. The van der Waals surface area contributed by atoms with Crippen LogP contribution in [-0.4, -0.2) is 64.1 Å². The Kier molecular flexibility index (Phi) is 5.28. The summed E-state index contributed by atoms with van der Waals surface area (Å²) in [5.74, 6) is -1.19. The van der Waals surface area contributed by atoms with Crippen LogP contribution in [-0.2, 0) is 11.2 Å². The molecule has 0 radical (unpaired) electrons. The predicted octanol–water partition coefficient (Wildman–Crippen LogP) is 1.30. The number of carboxylic acids is 1. The number of allylic oxidation sites excluding steroid dienone is 2. The highest BCUT2D eigenvalue weighted by Gasteiger charge is 2.41. The zero-order valence-corrected chi connectivity index (χ0v) is 17.7. The molecule has 3 heterocycles. The van der Waals surface area contributed by atoms with Gasteiger partial charge in [-0.3, -0.25) is 14.6 Å². The van der Waals surface area contributed by atoms with E-state index in [0.717, 1.165) is 19.3 Å². The van der Waals surface area contributed by atoms with Crippen molar-refractivity contribution in [1.29, 1.82) is 0 Å². The van der Waals surface area contributed by atoms with Gasteiger partial charge in [0.25, 0.3) is 5.91 Å². The van der Waals surface area contributed by atoms with E-state index in [1.807, 2.05) is 26.0 Å². The molecule has 0 saturated carbocycles. The number of likely N-dealkylation sites (tertiary alicyclic amines) is 1. The molecule has 166 valence electrons. The third-order valence-corrected chi connectivity index (χ3v) is 6.53. The van der Waals surface area contributed by atoms with Crippen molar-refractivity contribution in [2.24, 2.45) is 5.41 Å². The van der Waals surface area contributed by atoms with Gasteiger partial charge in [-0.15, -0.1) is 10.2 Å². The molecule has 2 aromatic heterocycles. The summed E-state index contributed by atoms with van der Waals surface area (Å²) in [6.45, 7) is 4.34. The summed E-state index contributed by atoms with van der Waals surface area (Å²) in [6.07, 6.45) is 9.39. The first-order valence-corrected chi connectivity index (χ1v) is 10.5. The van der Waals surface area contributed by atoms with Crippen molar-refractivity contribution in [3.8, 4) is 0 Å². The van der Waals surface area contributed by atoms with Gasteiger partial charge in [-0.2, -0.15) is 0 Å². The average Bonchev–Trinajstić information content (AvgIpc) is 3.37. The summed E-state index contributed by atoms with van der Waals surface area (Å²) >= 11 is 0. The number of carbonyl (C=O) groups is 2. The van der Waals surface area contributed by atoms with Gasteiger partial charge in [0.05, 0.1) is 17.2 Å². The smallest absolute Gasteiger partial charge is 0.341 e. The van der Waals surface area contributed by atoms with E-state index >= 15 is 0 Å². The highest BCUT2D eigenvalue weighted by molar-refractivity contribution is 5.91. The van der Waals surface area contributed by atoms with Crippen LogP contribution in [0.15, 0.2) is 23.1 Å². The lowest BCUT2D eigenvalue weighted by atomic mass is 9.74. The second-order valence-corrected chi connectivity index (χ2v) is 9.11. The quantitative estimate of drug-likeness (QED) is 0.606. The van der Waals surface area contributed by atoms with Crippen molar-refractivity contribution in [2.75, 3.05) is 6.54 Å². The molecule has 0 bridgehead atoms. The maximum Gasteiger partial charge on any atom is 0.341 e. The van der Waals surface area contributed by atoms with E-state index in [0.29, 0.717) is 31.5 Å². The zero-order valence-electron chi connectivity index (χ0n) is 17.7. The topological polar surface area (TPSA) is 150 Å². The minimum absolute atomic E-state index is 0.0215. The number of hydrogen-bond acceptors (Lipinski definition) is 6. The highest BCUT2D eigenvalue weighted by Crippen LogP contribution is 2.37. The standard InChI is InChI=1S/C20H27N7O4/c1-19(2)9-6-14(12-26(19)16(28)15-21-18(31)24-23-15)27-11-13(22-25-27)10-20(17(29)30)7-4-3-5-8-20/h3-4,11,14H,5-10,12H2,1-2H3,(H,29,30)(H2,21,23,24,31). The Morgan fingerprint density at radius 1 is 1.29 bits per heavy atom. The lowest BCUT2D eigenvalue weighted by Crippen LogP contribution is -2.53. The van der Waals surface area contributed by atoms with E-state index in [1.54, 1.807) is 15.8 Å². The summed E-state index contributed by atoms with van der Waals surface area (Å²) in [7, 11) is 0. The number of nitrogens with one attached hydrogen (secondary N) is 2. The Bertz CT molecular complexity index is 1070. The van der Waals surface area contributed by atoms with Gasteiger partial charge in [0, 0.05) is 24.7 Å².